The van der Waals surface area contributed by atoms with Gasteiger partial charge in [-0.25, -0.2) is 0 Å². The Labute approximate surface area is 86.3 Å². The summed E-state index contributed by atoms with van der Waals surface area (Å²) >= 11 is 0. The number of hydrogen-bond acceptors (Lipinski definition) is 1. The maximum atomic E-state index is 3.53. The summed E-state index contributed by atoms with van der Waals surface area (Å²) in [6.07, 6.45) is 0. The van der Waals surface area contributed by atoms with Gasteiger partial charge in [0.1, 0.15) is 0 Å². The van der Waals surface area contributed by atoms with Crippen LogP contribution in [-0.4, -0.2) is 29.2 Å². The van der Waals surface area contributed by atoms with E-state index in [1.165, 1.54) is 6.54 Å². The largest absolute Gasteiger partial charge is 0.317 e. The van der Waals surface area contributed by atoms with Crippen molar-refractivity contribution in [2.75, 3.05) is 13.1 Å². The Morgan fingerprint density at radius 1 is 0.923 bits per heavy atom. The third kappa shape index (κ3) is 4.98. The molecule has 0 spiro atoms. The van der Waals surface area contributed by atoms with Gasteiger partial charge in [-0.2, -0.15) is 0 Å². The first-order chi connectivity index (χ1) is 5.69. The summed E-state index contributed by atoms with van der Waals surface area (Å²) in [4.78, 5) is 0. The SMILES string of the molecule is CCNCC([Si](C)(C)C)[Si](C)(C)C. The van der Waals surface area contributed by atoms with E-state index in [9.17, 15) is 0 Å². The van der Waals surface area contributed by atoms with Crippen molar-refractivity contribution in [2.45, 2.75) is 51.4 Å². The molecule has 13 heavy (non-hydrogen) atoms. The summed E-state index contributed by atoms with van der Waals surface area (Å²) < 4.78 is 0. The van der Waals surface area contributed by atoms with Gasteiger partial charge in [0, 0.05) is 16.1 Å². The van der Waals surface area contributed by atoms with E-state index in [0.717, 1.165) is 11.7 Å². The fourth-order valence-electron chi connectivity index (χ4n) is 2.20. The predicted molar refractivity (Wildman–Crippen MR) is 69.0 cm³/mol. The molecule has 0 unspecified atom stereocenters. The lowest BCUT2D eigenvalue weighted by Gasteiger charge is -2.38. The lowest BCUT2D eigenvalue weighted by atomic mass is 10.6. The van der Waals surface area contributed by atoms with Gasteiger partial charge in [0.25, 0.3) is 0 Å². The van der Waals surface area contributed by atoms with E-state index in [2.05, 4.69) is 51.5 Å². The van der Waals surface area contributed by atoms with Crippen LogP contribution in [0.5, 0.6) is 0 Å². The fraction of sp³-hybridized carbons (Fsp3) is 1.00. The standard InChI is InChI=1S/C10H27NSi2/c1-8-11-9-10(12(2,3)4)13(5,6)7/h10-11H,8-9H2,1-7H3. The quantitative estimate of drug-likeness (QED) is 0.698. The van der Waals surface area contributed by atoms with Crippen LogP contribution in [0.15, 0.2) is 0 Å². The molecule has 0 aliphatic carbocycles. The monoisotopic (exact) mass is 217 g/mol. The van der Waals surface area contributed by atoms with Gasteiger partial charge in [-0.3, -0.25) is 0 Å². The highest BCUT2D eigenvalue weighted by atomic mass is 28.4. The molecule has 0 rings (SSSR count). The Balaban J connectivity index is 4.39. The molecule has 3 heteroatoms. The van der Waals surface area contributed by atoms with Gasteiger partial charge < -0.3 is 5.32 Å². The molecule has 0 atom stereocenters. The lowest BCUT2D eigenvalue weighted by molar-refractivity contribution is 0.727. The van der Waals surface area contributed by atoms with Gasteiger partial charge in [-0.1, -0.05) is 46.2 Å². The summed E-state index contributed by atoms with van der Waals surface area (Å²) in [5, 5.41) is 4.53. The first-order valence-electron chi connectivity index (χ1n) is 5.40. The molecule has 0 amide bonds. The van der Waals surface area contributed by atoms with E-state index in [1.54, 1.807) is 0 Å². The van der Waals surface area contributed by atoms with Gasteiger partial charge in [0.15, 0.2) is 0 Å². The normalized spacial score (nSPS) is 13.8. The predicted octanol–water partition coefficient (Wildman–Crippen LogP) is 3.18. The van der Waals surface area contributed by atoms with Gasteiger partial charge >= 0.3 is 0 Å². The molecule has 1 nitrogen and oxygen atoms in total. The molecule has 1 N–H and O–H groups in total. The second kappa shape index (κ2) is 4.76. The van der Waals surface area contributed by atoms with Crippen molar-refractivity contribution in [3.05, 3.63) is 0 Å². The number of nitrogens with one attached hydrogen (secondary N) is 1. The Bertz CT molecular complexity index is 130. The van der Waals surface area contributed by atoms with Gasteiger partial charge in [0.05, 0.1) is 0 Å². The lowest BCUT2D eigenvalue weighted by Crippen LogP contribution is -2.48. The van der Waals surface area contributed by atoms with E-state index >= 15 is 0 Å². The zero-order valence-electron chi connectivity index (χ0n) is 10.5. The average molecular weight is 218 g/mol. The molecule has 0 saturated carbocycles. The molecule has 0 aromatic heterocycles. The van der Waals surface area contributed by atoms with Crippen LogP contribution < -0.4 is 5.32 Å². The van der Waals surface area contributed by atoms with Crippen molar-refractivity contribution in [3.63, 3.8) is 0 Å². The summed E-state index contributed by atoms with van der Waals surface area (Å²) in [6, 6.07) is 0. The van der Waals surface area contributed by atoms with Gasteiger partial charge in [-0.15, -0.1) is 0 Å². The summed E-state index contributed by atoms with van der Waals surface area (Å²) in [6.45, 7) is 19.6. The molecule has 0 saturated heterocycles. The zero-order valence-corrected chi connectivity index (χ0v) is 12.5. The summed E-state index contributed by atoms with van der Waals surface area (Å²) in [5.41, 5.74) is 0. The van der Waals surface area contributed by atoms with Crippen molar-refractivity contribution >= 4 is 16.1 Å². The van der Waals surface area contributed by atoms with Crippen molar-refractivity contribution < 1.29 is 0 Å². The minimum absolute atomic E-state index is 0.960. The van der Waals surface area contributed by atoms with Crippen LogP contribution >= 0.6 is 0 Å². The van der Waals surface area contributed by atoms with Crippen LogP contribution in [0.3, 0.4) is 0 Å². The highest BCUT2D eigenvalue weighted by molar-refractivity contribution is 6.96. The van der Waals surface area contributed by atoms with E-state index < -0.39 is 16.1 Å². The fourth-order valence-corrected chi connectivity index (χ4v) is 14.1. The highest BCUT2D eigenvalue weighted by Crippen LogP contribution is 2.31. The Kier molecular flexibility index (Phi) is 4.90. The molecule has 0 fully saturated rings. The zero-order chi connectivity index (χ0) is 10.7. The molecule has 0 heterocycles. The molecule has 0 aliphatic heterocycles. The van der Waals surface area contributed by atoms with Crippen LogP contribution in [0.2, 0.25) is 44.4 Å². The molecule has 0 radical (unpaired) electrons. The average Bonchev–Trinajstić information content (AvgIpc) is 1.81. The molecule has 0 aliphatic rings. The maximum Gasteiger partial charge on any atom is 0.0460 e. The topological polar surface area (TPSA) is 12.0 Å². The smallest absolute Gasteiger partial charge is 0.0460 e. The molecule has 0 aromatic carbocycles. The van der Waals surface area contributed by atoms with Crippen LogP contribution in [0.25, 0.3) is 0 Å². The second-order valence-electron chi connectivity index (χ2n) is 6.09. The summed E-state index contributed by atoms with van der Waals surface area (Å²) in [7, 11) is -1.92. The second-order valence-corrected chi connectivity index (χ2v) is 17.5. The van der Waals surface area contributed by atoms with Crippen LogP contribution in [0.4, 0.5) is 0 Å². The van der Waals surface area contributed by atoms with Crippen LogP contribution in [0.1, 0.15) is 6.92 Å². The molecular weight excluding hydrogens is 190 g/mol. The van der Waals surface area contributed by atoms with E-state index in [0.29, 0.717) is 0 Å². The third-order valence-electron chi connectivity index (χ3n) is 2.69. The molecule has 80 valence electrons. The highest BCUT2D eigenvalue weighted by Gasteiger charge is 2.36. The molecular formula is C10H27NSi2. The van der Waals surface area contributed by atoms with E-state index in [1.807, 2.05) is 0 Å². The van der Waals surface area contributed by atoms with E-state index in [-0.39, 0.29) is 0 Å². The molecule has 0 aromatic rings. The van der Waals surface area contributed by atoms with E-state index in [4.69, 9.17) is 0 Å². The first-order valence-corrected chi connectivity index (χ1v) is 12.6. The minimum Gasteiger partial charge on any atom is -0.317 e. The number of hydrogen-bond donors (Lipinski definition) is 1. The Hall–Kier alpha value is 0.394. The Morgan fingerprint density at radius 2 is 1.31 bits per heavy atom. The van der Waals surface area contributed by atoms with Crippen molar-refractivity contribution in [2.24, 2.45) is 0 Å². The van der Waals surface area contributed by atoms with Gasteiger partial charge in [-0.05, 0) is 18.3 Å². The van der Waals surface area contributed by atoms with Gasteiger partial charge in [0.2, 0.25) is 0 Å². The third-order valence-corrected chi connectivity index (χ3v) is 12.5. The maximum absolute atomic E-state index is 3.53. The first kappa shape index (κ1) is 13.4. The Morgan fingerprint density at radius 3 is 1.54 bits per heavy atom. The summed E-state index contributed by atoms with van der Waals surface area (Å²) in [5.74, 6) is 0. The minimum atomic E-state index is -0.960. The number of rotatable bonds is 5. The molecule has 0 bridgehead atoms. The van der Waals surface area contributed by atoms with Crippen LogP contribution in [-0.2, 0) is 0 Å². The van der Waals surface area contributed by atoms with Crippen molar-refractivity contribution in [3.8, 4) is 0 Å². The van der Waals surface area contributed by atoms with Crippen molar-refractivity contribution in [1.29, 1.82) is 0 Å². The van der Waals surface area contributed by atoms with Crippen LogP contribution in [0, 0.1) is 0 Å². The van der Waals surface area contributed by atoms with Crippen molar-refractivity contribution in [1.82, 2.24) is 5.32 Å².